The predicted molar refractivity (Wildman–Crippen MR) is 121 cm³/mol. The van der Waals surface area contributed by atoms with E-state index in [0.717, 1.165) is 17.5 Å². The maximum absolute atomic E-state index is 13.0. The van der Waals surface area contributed by atoms with Crippen molar-refractivity contribution in [3.63, 3.8) is 0 Å². The van der Waals surface area contributed by atoms with Crippen molar-refractivity contribution < 1.29 is 14.3 Å². The standard InChI is InChI=1S/C26H24N2O3/c29-26(19-11-12-24-25(15-19)31-14-6-13-30-24)28-16-21(18-7-2-1-3-8-18)22-17-27-23-10-5-4-9-20(22)23/h1-5,7-12,15,17,21,27H,6,13-14,16H2,(H,28,29)/t21-/m1/s1. The molecule has 0 bridgehead atoms. The molecule has 0 saturated heterocycles. The molecule has 4 aromatic rings. The number of amides is 1. The summed E-state index contributed by atoms with van der Waals surface area (Å²) >= 11 is 0. The Hall–Kier alpha value is -3.73. The largest absolute Gasteiger partial charge is 0.490 e. The van der Waals surface area contributed by atoms with Crippen LogP contribution in [0, 0.1) is 0 Å². The number of benzene rings is 3. The second-order valence-electron chi connectivity index (χ2n) is 7.67. The Kier molecular flexibility index (Phi) is 5.31. The van der Waals surface area contributed by atoms with Gasteiger partial charge in [0.15, 0.2) is 11.5 Å². The lowest BCUT2D eigenvalue weighted by molar-refractivity contribution is 0.0952. The number of H-pyrrole nitrogens is 1. The summed E-state index contributed by atoms with van der Waals surface area (Å²) in [5.41, 5.74) is 3.98. The van der Waals surface area contributed by atoms with Crippen LogP contribution in [0.15, 0.2) is 79.0 Å². The average Bonchev–Trinajstić information content (AvgIpc) is 3.09. The number of hydrogen-bond acceptors (Lipinski definition) is 3. The monoisotopic (exact) mass is 412 g/mol. The highest BCUT2D eigenvalue weighted by molar-refractivity contribution is 5.95. The Morgan fingerprint density at radius 2 is 1.71 bits per heavy atom. The third-order valence-corrected chi connectivity index (χ3v) is 5.68. The zero-order valence-electron chi connectivity index (χ0n) is 17.1. The van der Waals surface area contributed by atoms with Gasteiger partial charge in [-0.2, -0.15) is 0 Å². The van der Waals surface area contributed by atoms with E-state index in [-0.39, 0.29) is 11.8 Å². The first kappa shape index (κ1) is 19.2. The van der Waals surface area contributed by atoms with Gasteiger partial charge in [0.1, 0.15) is 0 Å². The van der Waals surface area contributed by atoms with Crippen LogP contribution in [0.25, 0.3) is 10.9 Å². The number of aromatic amines is 1. The van der Waals surface area contributed by atoms with E-state index in [1.54, 1.807) is 12.1 Å². The van der Waals surface area contributed by atoms with Crippen molar-refractivity contribution in [2.75, 3.05) is 19.8 Å². The molecule has 5 nitrogen and oxygen atoms in total. The Bertz CT molecular complexity index is 1200. The minimum atomic E-state index is -0.128. The molecule has 1 amide bonds. The molecule has 1 atom stereocenters. The van der Waals surface area contributed by atoms with Gasteiger partial charge in [-0.05, 0) is 35.4 Å². The van der Waals surface area contributed by atoms with E-state index in [1.165, 1.54) is 10.9 Å². The molecule has 1 aliphatic rings. The molecule has 0 saturated carbocycles. The number of aromatic nitrogens is 1. The summed E-state index contributed by atoms with van der Waals surface area (Å²) in [4.78, 5) is 16.3. The zero-order valence-corrected chi connectivity index (χ0v) is 17.1. The van der Waals surface area contributed by atoms with Crippen molar-refractivity contribution in [1.82, 2.24) is 10.3 Å². The van der Waals surface area contributed by atoms with Gasteiger partial charge in [0.2, 0.25) is 0 Å². The summed E-state index contributed by atoms with van der Waals surface area (Å²) in [5, 5.41) is 4.29. The maximum atomic E-state index is 13.0. The van der Waals surface area contributed by atoms with Gasteiger partial charge in [-0.3, -0.25) is 4.79 Å². The van der Waals surface area contributed by atoms with Crippen molar-refractivity contribution in [2.45, 2.75) is 12.3 Å². The lowest BCUT2D eigenvalue weighted by Gasteiger charge is -2.18. The van der Waals surface area contributed by atoms with Crippen LogP contribution in [-0.4, -0.2) is 30.6 Å². The number of para-hydroxylation sites is 1. The molecule has 1 aliphatic heterocycles. The number of rotatable bonds is 5. The third kappa shape index (κ3) is 3.99. The van der Waals surface area contributed by atoms with Crippen LogP contribution in [0.3, 0.4) is 0 Å². The van der Waals surface area contributed by atoms with Crippen LogP contribution in [-0.2, 0) is 0 Å². The molecule has 2 heterocycles. The number of carbonyl (C=O) groups is 1. The smallest absolute Gasteiger partial charge is 0.251 e. The Morgan fingerprint density at radius 3 is 2.58 bits per heavy atom. The predicted octanol–water partition coefficient (Wildman–Crippen LogP) is 4.89. The molecule has 5 rings (SSSR count). The minimum Gasteiger partial charge on any atom is -0.490 e. The van der Waals surface area contributed by atoms with Gasteiger partial charge in [0.05, 0.1) is 13.2 Å². The SMILES string of the molecule is O=C(NC[C@H](c1ccccc1)c1c[nH]c2ccccc12)c1ccc2c(c1)OCCCO2. The first-order valence-corrected chi connectivity index (χ1v) is 10.6. The third-order valence-electron chi connectivity index (χ3n) is 5.68. The van der Waals surface area contributed by atoms with E-state index >= 15 is 0 Å². The Labute approximate surface area is 181 Å². The number of nitrogens with one attached hydrogen (secondary N) is 2. The van der Waals surface area contributed by atoms with Crippen molar-refractivity contribution >= 4 is 16.8 Å². The fraction of sp³-hybridized carbons (Fsp3) is 0.192. The fourth-order valence-corrected chi connectivity index (χ4v) is 4.08. The van der Waals surface area contributed by atoms with Crippen molar-refractivity contribution in [3.8, 4) is 11.5 Å². The molecule has 0 aliphatic carbocycles. The van der Waals surface area contributed by atoms with Crippen LogP contribution in [0.2, 0.25) is 0 Å². The number of hydrogen-bond donors (Lipinski definition) is 2. The van der Waals surface area contributed by atoms with Crippen LogP contribution in [0.1, 0.15) is 33.8 Å². The van der Waals surface area contributed by atoms with Crippen LogP contribution in [0.4, 0.5) is 0 Å². The van der Waals surface area contributed by atoms with E-state index in [1.807, 2.05) is 42.6 Å². The molecule has 0 fully saturated rings. The molecule has 2 N–H and O–H groups in total. The Balaban J connectivity index is 1.40. The minimum absolute atomic E-state index is 0.0294. The first-order valence-electron chi connectivity index (χ1n) is 10.6. The molecule has 0 spiro atoms. The van der Waals surface area contributed by atoms with Crippen LogP contribution < -0.4 is 14.8 Å². The number of fused-ring (bicyclic) bond motifs is 2. The summed E-state index contributed by atoms with van der Waals surface area (Å²) in [6.07, 6.45) is 2.88. The van der Waals surface area contributed by atoms with Crippen molar-refractivity contribution in [3.05, 3.63) is 95.7 Å². The second kappa shape index (κ2) is 8.56. The van der Waals surface area contributed by atoms with Crippen LogP contribution >= 0.6 is 0 Å². The summed E-state index contributed by atoms with van der Waals surface area (Å²) in [7, 11) is 0. The molecule has 0 radical (unpaired) electrons. The summed E-state index contributed by atoms with van der Waals surface area (Å²) in [6.45, 7) is 1.70. The van der Waals surface area contributed by atoms with Gasteiger partial charge >= 0.3 is 0 Å². The molecule has 3 aromatic carbocycles. The summed E-state index contributed by atoms with van der Waals surface area (Å²) in [6, 6.07) is 23.9. The van der Waals surface area contributed by atoms with Crippen molar-refractivity contribution in [2.24, 2.45) is 0 Å². The topological polar surface area (TPSA) is 63.4 Å². The van der Waals surface area contributed by atoms with Gasteiger partial charge in [-0.1, -0.05) is 48.5 Å². The van der Waals surface area contributed by atoms with Crippen molar-refractivity contribution in [1.29, 1.82) is 0 Å². The van der Waals surface area contributed by atoms with E-state index in [2.05, 4.69) is 34.6 Å². The maximum Gasteiger partial charge on any atom is 0.251 e. The molecule has 1 aromatic heterocycles. The van der Waals surface area contributed by atoms with E-state index < -0.39 is 0 Å². The molecule has 5 heteroatoms. The van der Waals surface area contributed by atoms with Gasteiger partial charge in [-0.25, -0.2) is 0 Å². The normalized spacial score (nSPS) is 14.1. The van der Waals surface area contributed by atoms with Gasteiger partial charge in [0.25, 0.3) is 5.91 Å². The highest BCUT2D eigenvalue weighted by atomic mass is 16.5. The van der Waals surface area contributed by atoms with E-state index in [9.17, 15) is 4.79 Å². The Morgan fingerprint density at radius 1 is 0.935 bits per heavy atom. The highest BCUT2D eigenvalue weighted by Crippen LogP contribution is 2.32. The van der Waals surface area contributed by atoms with E-state index in [4.69, 9.17) is 9.47 Å². The average molecular weight is 412 g/mol. The first-order chi connectivity index (χ1) is 15.3. The van der Waals surface area contributed by atoms with Gasteiger partial charge < -0.3 is 19.8 Å². The van der Waals surface area contributed by atoms with Crippen LogP contribution in [0.5, 0.6) is 11.5 Å². The highest BCUT2D eigenvalue weighted by Gasteiger charge is 2.20. The quantitative estimate of drug-likeness (QED) is 0.491. The molecule has 31 heavy (non-hydrogen) atoms. The lowest BCUT2D eigenvalue weighted by Crippen LogP contribution is -2.29. The van der Waals surface area contributed by atoms with Gasteiger partial charge in [0, 0.05) is 41.5 Å². The molecular formula is C26H24N2O3. The summed E-state index contributed by atoms with van der Waals surface area (Å²) in [5.74, 6) is 1.22. The lowest BCUT2D eigenvalue weighted by atomic mass is 9.91. The fourth-order valence-electron chi connectivity index (χ4n) is 4.08. The number of ether oxygens (including phenoxy) is 2. The molecule has 0 unspecified atom stereocenters. The van der Waals surface area contributed by atoms with E-state index in [0.29, 0.717) is 36.8 Å². The van der Waals surface area contributed by atoms with Gasteiger partial charge in [-0.15, -0.1) is 0 Å². The molecular weight excluding hydrogens is 388 g/mol. The molecule has 156 valence electrons. The summed E-state index contributed by atoms with van der Waals surface area (Å²) < 4.78 is 11.4. The second-order valence-corrected chi connectivity index (χ2v) is 7.67. The zero-order chi connectivity index (χ0) is 21.0. The number of carbonyl (C=O) groups excluding carboxylic acids is 1.